The summed E-state index contributed by atoms with van der Waals surface area (Å²) in [6.45, 7) is 6.25. The number of aromatic nitrogens is 3. The number of carbonyl (C=O) groups is 1. The molecule has 0 saturated heterocycles. The van der Waals surface area contributed by atoms with Crippen LogP contribution in [0.5, 0.6) is 0 Å². The van der Waals surface area contributed by atoms with Gasteiger partial charge in [0.15, 0.2) is 5.65 Å². The lowest BCUT2D eigenvalue weighted by atomic mass is 9.95. The van der Waals surface area contributed by atoms with E-state index in [9.17, 15) is 4.79 Å². The van der Waals surface area contributed by atoms with Gasteiger partial charge < -0.3 is 5.32 Å². The summed E-state index contributed by atoms with van der Waals surface area (Å²) in [4.78, 5) is 19.1. The molecular formula is C21H29N5O. The van der Waals surface area contributed by atoms with Crippen LogP contribution in [0.4, 0.5) is 0 Å². The number of nitrogens with one attached hydrogen (secondary N) is 1. The SMILES string of the molecule is Cc1cc(C)n2nc(C3=CCN(CC(=O)NC4CCCCC4)CC3)cc2n1. The minimum Gasteiger partial charge on any atom is -0.352 e. The van der Waals surface area contributed by atoms with Gasteiger partial charge in [0.1, 0.15) is 0 Å². The molecule has 6 nitrogen and oxygen atoms in total. The van der Waals surface area contributed by atoms with Crippen molar-refractivity contribution in [3.63, 3.8) is 0 Å². The fourth-order valence-electron chi connectivity index (χ4n) is 4.25. The zero-order valence-corrected chi connectivity index (χ0v) is 16.4. The maximum atomic E-state index is 12.3. The molecule has 1 aliphatic heterocycles. The number of hydrogen-bond donors (Lipinski definition) is 1. The minimum absolute atomic E-state index is 0.168. The number of fused-ring (bicyclic) bond motifs is 1. The van der Waals surface area contributed by atoms with Crippen LogP contribution >= 0.6 is 0 Å². The molecule has 0 spiro atoms. The molecule has 1 fully saturated rings. The summed E-state index contributed by atoms with van der Waals surface area (Å²) >= 11 is 0. The summed E-state index contributed by atoms with van der Waals surface area (Å²) in [7, 11) is 0. The largest absolute Gasteiger partial charge is 0.352 e. The second kappa shape index (κ2) is 7.80. The Kier molecular flexibility index (Phi) is 5.25. The highest BCUT2D eigenvalue weighted by Crippen LogP contribution is 2.23. The third-order valence-corrected chi connectivity index (χ3v) is 5.69. The van der Waals surface area contributed by atoms with Crippen LogP contribution in [0.15, 0.2) is 18.2 Å². The van der Waals surface area contributed by atoms with Gasteiger partial charge in [-0.2, -0.15) is 5.10 Å². The summed E-state index contributed by atoms with van der Waals surface area (Å²) in [5.41, 5.74) is 5.27. The molecule has 2 aromatic heterocycles. The maximum absolute atomic E-state index is 12.3. The predicted molar refractivity (Wildman–Crippen MR) is 107 cm³/mol. The van der Waals surface area contributed by atoms with Crippen molar-refractivity contribution in [2.24, 2.45) is 0 Å². The highest BCUT2D eigenvalue weighted by Gasteiger charge is 2.20. The van der Waals surface area contributed by atoms with E-state index in [2.05, 4.69) is 34.3 Å². The molecule has 4 rings (SSSR count). The zero-order valence-electron chi connectivity index (χ0n) is 16.4. The molecule has 1 amide bonds. The second-order valence-corrected chi connectivity index (χ2v) is 7.96. The average molecular weight is 367 g/mol. The molecule has 3 heterocycles. The van der Waals surface area contributed by atoms with Gasteiger partial charge in [0.05, 0.1) is 12.2 Å². The predicted octanol–water partition coefficient (Wildman–Crippen LogP) is 2.88. The normalized spacial score (nSPS) is 19.3. The van der Waals surface area contributed by atoms with Gasteiger partial charge >= 0.3 is 0 Å². The number of amides is 1. The van der Waals surface area contributed by atoms with E-state index < -0.39 is 0 Å². The van der Waals surface area contributed by atoms with Gasteiger partial charge in [-0.25, -0.2) is 9.50 Å². The van der Waals surface area contributed by atoms with E-state index in [0.717, 1.165) is 55.1 Å². The van der Waals surface area contributed by atoms with Gasteiger partial charge in [-0.1, -0.05) is 25.3 Å². The Bertz CT molecular complexity index is 863. The van der Waals surface area contributed by atoms with E-state index in [0.29, 0.717) is 12.6 Å². The smallest absolute Gasteiger partial charge is 0.234 e. The Hall–Kier alpha value is -2.21. The van der Waals surface area contributed by atoms with Crippen LogP contribution in [0.3, 0.4) is 0 Å². The molecule has 6 heteroatoms. The van der Waals surface area contributed by atoms with Crippen LogP contribution in [-0.4, -0.2) is 51.1 Å². The van der Waals surface area contributed by atoms with Crippen LogP contribution in [0.1, 0.15) is 55.6 Å². The van der Waals surface area contributed by atoms with Crippen LogP contribution in [0.25, 0.3) is 11.2 Å². The third kappa shape index (κ3) is 4.21. The molecular weight excluding hydrogens is 338 g/mol. The molecule has 2 aliphatic rings. The maximum Gasteiger partial charge on any atom is 0.234 e. The van der Waals surface area contributed by atoms with Crippen molar-refractivity contribution in [1.82, 2.24) is 24.8 Å². The fraction of sp³-hybridized carbons (Fsp3) is 0.571. The van der Waals surface area contributed by atoms with E-state index in [4.69, 9.17) is 5.10 Å². The molecule has 27 heavy (non-hydrogen) atoms. The first-order valence-corrected chi connectivity index (χ1v) is 10.1. The van der Waals surface area contributed by atoms with Gasteiger partial charge in [0, 0.05) is 36.6 Å². The third-order valence-electron chi connectivity index (χ3n) is 5.69. The molecule has 1 N–H and O–H groups in total. The Balaban J connectivity index is 1.37. The standard InChI is InChI=1S/C21H29N5O/c1-15-12-16(2)26-20(22-15)13-19(24-26)17-8-10-25(11-9-17)14-21(27)23-18-6-4-3-5-7-18/h8,12-13,18H,3-7,9-11,14H2,1-2H3,(H,23,27). The highest BCUT2D eigenvalue weighted by molar-refractivity contribution is 5.78. The molecule has 0 radical (unpaired) electrons. The quantitative estimate of drug-likeness (QED) is 0.903. The lowest BCUT2D eigenvalue weighted by molar-refractivity contribution is -0.123. The van der Waals surface area contributed by atoms with Gasteiger partial charge in [0.25, 0.3) is 0 Å². The molecule has 1 aliphatic carbocycles. The van der Waals surface area contributed by atoms with Crippen molar-refractivity contribution >= 4 is 17.1 Å². The van der Waals surface area contributed by atoms with Crippen molar-refractivity contribution < 1.29 is 4.79 Å². The summed E-state index contributed by atoms with van der Waals surface area (Å²) in [6, 6.07) is 4.50. The number of aryl methyl sites for hydroxylation is 2. The van der Waals surface area contributed by atoms with E-state index in [1.807, 2.05) is 17.5 Å². The van der Waals surface area contributed by atoms with Crippen LogP contribution in [0, 0.1) is 13.8 Å². The summed E-state index contributed by atoms with van der Waals surface area (Å²) in [5.74, 6) is 0.168. The van der Waals surface area contributed by atoms with Crippen molar-refractivity contribution in [1.29, 1.82) is 0 Å². The van der Waals surface area contributed by atoms with Gasteiger partial charge in [0.2, 0.25) is 5.91 Å². The van der Waals surface area contributed by atoms with E-state index in [1.165, 1.54) is 24.8 Å². The van der Waals surface area contributed by atoms with Gasteiger partial charge in [-0.05, 0) is 44.7 Å². The lowest BCUT2D eigenvalue weighted by Crippen LogP contribution is -2.43. The van der Waals surface area contributed by atoms with E-state index in [-0.39, 0.29) is 5.91 Å². The molecule has 0 aromatic carbocycles. The topological polar surface area (TPSA) is 62.5 Å². The molecule has 0 unspecified atom stereocenters. The van der Waals surface area contributed by atoms with Crippen molar-refractivity contribution in [3.8, 4) is 0 Å². The number of carbonyl (C=O) groups excluding carboxylic acids is 1. The first kappa shape index (κ1) is 18.2. The Morgan fingerprint density at radius 1 is 1.22 bits per heavy atom. The summed E-state index contributed by atoms with van der Waals surface area (Å²) < 4.78 is 1.91. The Morgan fingerprint density at radius 2 is 2.04 bits per heavy atom. The van der Waals surface area contributed by atoms with Crippen molar-refractivity contribution in [2.45, 2.75) is 58.4 Å². The highest BCUT2D eigenvalue weighted by atomic mass is 16.2. The summed E-state index contributed by atoms with van der Waals surface area (Å²) in [6.07, 6.45) is 9.19. The molecule has 144 valence electrons. The zero-order chi connectivity index (χ0) is 18.8. The molecule has 0 atom stereocenters. The van der Waals surface area contributed by atoms with Gasteiger partial charge in [-0.15, -0.1) is 0 Å². The minimum atomic E-state index is 0.168. The van der Waals surface area contributed by atoms with Crippen LogP contribution < -0.4 is 5.32 Å². The van der Waals surface area contributed by atoms with E-state index >= 15 is 0 Å². The lowest BCUT2D eigenvalue weighted by Gasteiger charge is -2.27. The number of rotatable bonds is 4. The molecule has 1 saturated carbocycles. The number of hydrogen-bond acceptors (Lipinski definition) is 4. The van der Waals surface area contributed by atoms with Crippen molar-refractivity contribution in [3.05, 3.63) is 35.3 Å². The Morgan fingerprint density at radius 3 is 2.78 bits per heavy atom. The fourth-order valence-corrected chi connectivity index (χ4v) is 4.25. The van der Waals surface area contributed by atoms with Gasteiger partial charge in [-0.3, -0.25) is 9.69 Å². The van der Waals surface area contributed by atoms with Crippen LogP contribution in [0.2, 0.25) is 0 Å². The first-order chi connectivity index (χ1) is 13.1. The average Bonchev–Trinajstić information content (AvgIpc) is 3.07. The first-order valence-electron chi connectivity index (χ1n) is 10.1. The Labute approximate surface area is 160 Å². The van der Waals surface area contributed by atoms with E-state index in [1.54, 1.807) is 0 Å². The van der Waals surface area contributed by atoms with Crippen molar-refractivity contribution in [2.75, 3.05) is 19.6 Å². The second-order valence-electron chi connectivity index (χ2n) is 7.96. The van der Waals surface area contributed by atoms with Crippen LogP contribution in [-0.2, 0) is 4.79 Å². The number of nitrogens with zero attached hydrogens (tertiary/aromatic N) is 4. The molecule has 2 aromatic rings. The summed E-state index contributed by atoms with van der Waals surface area (Å²) in [5, 5.41) is 7.94. The molecule has 0 bridgehead atoms. The monoisotopic (exact) mass is 367 g/mol.